The van der Waals surface area contributed by atoms with Crippen LogP contribution < -0.4 is 4.74 Å². The SMILES string of the molecule is CC(C)(C)c1ccc(OCCCC(=O)N2CCCN(C(=O)C3CCCCC3)CC2)cc1. The van der Waals surface area contributed by atoms with Crippen LogP contribution in [0.3, 0.4) is 0 Å². The second kappa shape index (κ2) is 11.0. The fourth-order valence-corrected chi connectivity index (χ4v) is 4.62. The van der Waals surface area contributed by atoms with E-state index < -0.39 is 0 Å². The molecule has 1 aromatic carbocycles. The van der Waals surface area contributed by atoms with Gasteiger partial charge in [-0.25, -0.2) is 0 Å². The fourth-order valence-electron chi connectivity index (χ4n) is 4.62. The zero-order chi connectivity index (χ0) is 22.3. The molecule has 31 heavy (non-hydrogen) atoms. The molecule has 0 unspecified atom stereocenters. The number of amides is 2. The van der Waals surface area contributed by atoms with Gasteiger partial charge in [0.2, 0.25) is 11.8 Å². The first-order valence-corrected chi connectivity index (χ1v) is 12.1. The Balaban J connectivity index is 1.37. The monoisotopic (exact) mass is 428 g/mol. The molecule has 0 spiro atoms. The molecule has 2 aliphatic rings. The van der Waals surface area contributed by atoms with Gasteiger partial charge >= 0.3 is 0 Å². The van der Waals surface area contributed by atoms with E-state index in [2.05, 4.69) is 32.9 Å². The predicted octanol–water partition coefficient (Wildman–Crippen LogP) is 4.78. The van der Waals surface area contributed by atoms with E-state index in [0.29, 0.717) is 38.4 Å². The van der Waals surface area contributed by atoms with Crippen molar-refractivity contribution in [2.75, 3.05) is 32.8 Å². The number of hydrogen-bond donors (Lipinski definition) is 0. The number of hydrogen-bond acceptors (Lipinski definition) is 3. The van der Waals surface area contributed by atoms with Crippen LogP contribution in [0.5, 0.6) is 5.75 Å². The molecule has 0 N–H and O–H groups in total. The molecule has 1 saturated carbocycles. The molecule has 1 aliphatic carbocycles. The Morgan fingerprint density at radius 1 is 0.903 bits per heavy atom. The molecule has 0 bridgehead atoms. The molecule has 2 fully saturated rings. The number of carbonyl (C=O) groups is 2. The van der Waals surface area contributed by atoms with Gasteiger partial charge < -0.3 is 14.5 Å². The highest BCUT2D eigenvalue weighted by molar-refractivity contribution is 5.79. The van der Waals surface area contributed by atoms with Crippen molar-refractivity contribution in [1.82, 2.24) is 9.80 Å². The lowest BCUT2D eigenvalue weighted by atomic mass is 9.87. The van der Waals surface area contributed by atoms with E-state index in [-0.39, 0.29) is 17.2 Å². The van der Waals surface area contributed by atoms with Crippen LogP contribution in [0.4, 0.5) is 0 Å². The van der Waals surface area contributed by atoms with Gasteiger partial charge in [0.05, 0.1) is 6.61 Å². The summed E-state index contributed by atoms with van der Waals surface area (Å²) in [6.45, 7) is 10.0. The molecule has 1 aliphatic heterocycles. The van der Waals surface area contributed by atoms with Crippen LogP contribution in [0.1, 0.15) is 77.7 Å². The average Bonchev–Trinajstić information content (AvgIpc) is 3.03. The van der Waals surface area contributed by atoms with E-state index >= 15 is 0 Å². The Hall–Kier alpha value is -2.04. The smallest absolute Gasteiger partial charge is 0.225 e. The molecular formula is C26H40N2O3. The summed E-state index contributed by atoms with van der Waals surface area (Å²) < 4.78 is 5.83. The zero-order valence-electron chi connectivity index (χ0n) is 19.7. The Morgan fingerprint density at radius 3 is 2.23 bits per heavy atom. The summed E-state index contributed by atoms with van der Waals surface area (Å²) in [7, 11) is 0. The number of nitrogens with zero attached hydrogens (tertiary/aromatic N) is 2. The quantitative estimate of drug-likeness (QED) is 0.613. The number of carbonyl (C=O) groups excluding carboxylic acids is 2. The lowest BCUT2D eigenvalue weighted by Crippen LogP contribution is -2.40. The maximum atomic E-state index is 12.8. The van der Waals surface area contributed by atoms with Crippen molar-refractivity contribution in [2.45, 2.75) is 77.6 Å². The van der Waals surface area contributed by atoms with Crippen LogP contribution in [-0.2, 0) is 15.0 Å². The Labute approximate surface area is 188 Å². The fraction of sp³-hybridized carbons (Fsp3) is 0.692. The average molecular weight is 429 g/mol. The number of benzene rings is 1. The van der Waals surface area contributed by atoms with E-state index in [1.807, 2.05) is 21.9 Å². The third-order valence-corrected chi connectivity index (χ3v) is 6.64. The third kappa shape index (κ3) is 6.98. The van der Waals surface area contributed by atoms with Crippen LogP contribution in [0.2, 0.25) is 0 Å². The van der Waals surface area contributed by atoms with E-state index in [0.717, 1.165) is 38.1 Å². The largest absolute Gasteiger partial charge is 0.494 e. The van der Waals surface area contributed by atoms with Gasteiger partial charge in [-0.1, -0.05) is 52.2 Å². The Bertz CT molecular complexity index is 717. The van der Waals surface area contributed by atoms with Crippen LogP contribution in [0.15, 0.2) is 24.3 Å². The van der Waals surface area contributed by atoms with Crippen LogP contribution >= 0.6 is 0 Å². The summed E-state index contributed by atoms with van der Waals surface area (Å²) in [5.41, 5.74) is 1.42. The van der Waals surface area contributed by atoms with Crippen molar-refractivity contribution in [3.63, 3.8) is 0 Å². The van der Waals surface area contributed by atoms with Gasteiger partial charge in [-0.2, -0.15) is 0 Å². The normalized spacial score (nSPS) is 18.5. The molecule has 0 radical (unpaired) electrons. The van der Waals surface area contributed by atoms with Crippen molar-refractivity contribution in [3.8, 4) is 5.75 Å². The lowest BCUT2D eigenvalue weighted by molar-refractivity contribution is -0.137. The highest BCUT2D eigenvalue weighted by Crippen LogP contribution is 2.26. The standard InChI is InChI=1S/C26H40N2O3/c1-26(2,3)22-12-14-23(15-13-22)31-20-7-11-24(29)27-16-8-17-28(19-18-27)25(30)21-9-5-4-6-10-21/h12-15,21H,4-11,16-20H2,1-3H3. The first-order chi connectivity index (χ1) is 14.8. The van der Waals surface area contributed by atoms with Crippen molar-refractivity contribution in [2.24, 2.45) is 5.92 Å². The van der Waals surface area contributed by atoms with Crippen LogP contribution in [0, 0.1) is 5.92 Å². The molecule has 0 aromatic heterocycles. The highest BCUT2D eigenvalue weighted by Gasteiger charge is 2.28. The third-order valence-electron chi connectivity index (χ3n) is 6.64. The summed E-state index contributed by atoms with van der Waals surface area (Å²) in [6.07, 6.45) is 7.78. The van der Waals surface area contributed by atoms with Crippen molar-refractivity contribution in [3.05, 3.63) is 29.8 Å². The Morgan fingerprint density at radius 2 is 1.55 bits per heavy atom. The van der Waals surface area contributed by atoms with E-state index in [1.54, 1.807) is 0 Å². The second-order valence-electron chi connectivity index (χ2n) is 10.1. The first-order valence-electron chi connectivity index (χ1n) is 12.1. The molecule has 3 rings (SSSR count). The molecule has 1 aromatic rings. The summed E-state index contributed by atoms with van der Waals surface area (Å²) in [4.78, 5) is 29.4. The molecule has 2 amide bonds. The predicted molar refractivity (Wildman–Crippen MR) is 124 cm³/mol. The lowest BCUT2D eigenvalue weighted by Gasteiger charge is -2.28. The summed E-state index contributed by atoms with van der Waals surface area (Å²) >= 11 is 0. The van der Waals surface area contributed by atoms with Gasteiger partial charge in [-0.05, 0) is 48.8 Å². The van der Waals surface area contributed by atoms with Crippen molar-refractivity contribution >= 4 is 11.8 Å². The van der Waals surface area contributed by atoms with Crippen LogP contribution in [0.25, 0.3) is 0 Å². The van der Waals surface area contributed by atoms with Crippen molar-refractivity contribution < 1.29 is 14.3 Å². The molecule has 0 atom stereocenters. The van der Waals surface area contributed by atoms with E-state index in [4.69, 9.17) is 4.74 Å². The highest BCUT2D eigenvalue weighted by atomic mass is 16.5. The topological polar surface area (TPSA) is 49.9 Å². The maximum absolute atomic E-state index is 12.8. The minimum absolute atomic E-state index is 0.134. The number of ether oxygens (including phenoxy) is 1. The van der Waals surface area contributed by atoms with Crippen molar-refractivity contribution in [1.29, 1.82) is 0 Å². The van der Waals surface area contributed by atoms with Gasteiger partial charge in [0.15, 0.2) is 0 Å². The molecular weight excluding hydrogens is 388 g/mol. The minimum atomic E-state index is 0.134. The van der Waals surface area contributed by atoms with Gasteiger partial charge in [0.1, 0.15) is 5.75 Å². The molecule has 1 heterocycles. The summed E-state index contributed by atoms with van der Waals surface area (Å²) in [5, 5.41) is 0. The van der Waals surface area contributed by atoms with Gasteiger partial charge in [0.25, 0.3) is 0 Å². The summed E-state index contributed by atoms with van der Waals surface area (Å²) in [6, 6.07) is 8.24. The van der Waals surface area contributed by atoms with E-state index in [9.17, 15) is 9.59 Å². The van der Waals surface area contributed by atoms with E-state index in [1.165, 1.54) is 24.8 Å². The van der Waals surface area contributed by atoms with Gasteiger partial charge in [-0.3, -0.25) is 9.59 Å². The molecule has 5 heteroatoms. The molecule has 1 saturated heterocycles. The zero-order valence-corrected chi connectivity index (χ0v) is 19.7. The number of rotatable bonds is 6. The molecule has 5 nitrogen and oxygen atoms in total. The van der Waals surface area contributed by atoms with Gasteiger partial charge in [-0.15, -0.1) is 0 Å². The molecule has 172 valence electrons. The minimum Gasteiger partial charge on any atom is -0.494 e. The van der Waals surface area contributed by atoms with Gasteiger partial charge in [0, 0.05) is 38.5 Å². The second-order valence-corrected chi connectivity index (χ2v) is 10.1. The first kappa shape index (κ1) is 23.6. The Kier molecular flexibility index (Phi) is 8.39. The summed E-state index contributed by atoms with van der Waals surface area (Å²) in [5.74, 6) is 1.57. The maximum Gasteiger partial charge on any atom is 0.225 e. The van der Waals surface area contributed by atoms with Crippen LogP contribution in [-0.4, -0.2) is 54.4 Å².